The van der Waals surface area contributed by atoms with Gasteiger partial charge < -0.3 is 13.8 Å². The monoisotopic (exact) mass is 367 g/mol. The number of hydrogen-bond acceptors (Lipinski definition) is 7. The van der Waals surface area contributed by atoms with Gasteiger partial charge in [0.15, 0.2) is 10.4 Å². The molecule has 1 aliphatic rings. The van der Waals surface area contributed by atoms with Crippen LogP contribution in [-0.4, -0.2) is 54.0 Å². The van der Waals surface area contributed by atoms with Gasteiger partial charge in [0.2, 0.25) is 11.8 Å². The summed E-state index contributed by atoms with van der Waals surface area (Å²) in [6.45, 7) is 6.27. The van der Waals surface area contributed by atoms with E-state index in [1.54, 1.807) is 26.8 Å². The van der Waals surface area contributed by atoms with Gasteiger partial charge in [0.25, 0.3) is 5.91 Å². The number of nitrogens with zero attached hydrogens (tertiary/aromatic N) is 3. The van der Waals surface area contributed by atoms with Crippen molar-refractivity contribution in [3.63, 3.8) is 0 Å². The van der Waals surface area contributed by atoms with Gasteiger partial charge >= 0.3 is 0 Å². The largest absolute Gasteiger partial charge is 0.615 e. The Labute approximate surface area is 148 Å². The van der Waals surface area contributed by atoms with Gasteiger partial charge in [-0.1, -0.05) is 5.16 Å². The summed E-state index contributed by atoms with van der Waals surface area (Å²) in [6, 6.07) is 1.69. The van der Waals surface area contributed by atoms with E-state index < -0.39 is 15.9 Å². The number of anilines is 1. The van der Waals surface area contributed by atoms with Crippen LogP contribution in [0.2, 0.25) is 0 Å². The molecule has 10 heteroatoms. The van der Waals surface area contributed by atoms with Gasteiger partial charge in [0.1, 0.15) is 11.0 Å². The van der Waals surface area contributed by atoms with E-state index in [4.69, 9.17) is 9.26 Å². The van der Waals surface area contributed by atoms with Gasteiger partial charge in [0.05, 0.1) is 13.2 Å². The van der Waals surface area contributed by atoms with Crippen LogP contribution in [0.5, 0.6) is 0 Å². The highest BCUT2D eigenvalue weighted by atomic mass is 32.2. The summed E-state index contributed by atoms with van der Waals surface area (Å²) in [5.74, 6) is 0.753. The number of aromatic nitrogens is 4. The molecule has 9 nitrogen and oxygen atoms in total. The average Bonchev–Trinajstić information content (AvgIpc) is 3.23. The van der Waals surface area contributed by atoms with Crippen molar-refractivity contribution in [2.24, 2.45) is 0 Å². The molecule has 0 bridgehead atoms. The molecule has 0 spiro atoms. The van der Waals surface area contributed by atoms with E-state index >= 15 is 0 Å². The van der Waals surface area contributed by atoms with Crippen LogP contribution >= 0.6 is 0 Å². The van der Waals surface area contributed by atoms with E-state index in [1.165, 1.54) is 0 Å². The molecule has 2 aromatic heterocycles. The molecule has 0 radical (unpaired) electrons. The molecule has 136 valence electrons. The quantitative estimate of drug-likeness (QED) is 0.764. The molecule has 1 fully saturated rings. The third kappa shape index (κ3) is 3.86. The number of amides is 1. The van der Waals surface area contributed by atoms with E-state index in [2.05, 4.69) is 25.7 Å². The van der Waals surface area contributed by atoms with Gasteiger partial charge in [-0.15, -0.1) is 0 Å². The van der Waals surface area contributed by atoms with E-state index in [1.807, 2.05) is 0 Å². The Morgan fingerprint density at radius 3 is 2.80 bits per heavy atom. The first kappa shape index (κ1) is 17.9. The third-order valence-corrected chi connectivity index (χ3v) is 6.36. The number of H-pyrrole nitrogens is 1. The second-order valence-corrected chi connectivity index (χ2v) is 8.69. The van der Waals surface area contributed by atoms with Crippen molar-refractivity contribution in [3.05, 3.63) is 11.8 Å². The standard InChI is InChI=1S/C15H21N5O4S/c1-9-8-11(20-24-9)12-16-14(19-18-12)17-13(21)15(2,3)25(22)10-4-6-23-7-5-10/h8,10H,4-7H2,1-3H3,(H2,16,17,18,19,21). The smallest absolute Gasteiger partial charge is 0.282 e. The lowest BCUT2D eigenvalue weighted by Gasteiger charge is -2.34. The Balaban J connectivity index is 1.67. The summed E-state index contributed by atoms with van der Waals surface area (Å²) in [4.78, 5) is 16.8. The summed E-state index contributed by atoms with van der Waals surface area (Å²) in [5.41, 5.74) is 0.472. The number of ether oxygens (including phenoxy) is 1. The van der Waals surface area contributed by atoms with Crippen LogP contribution in [0.3, 0.4) is 0 Å². The van der Waals surface area contributed by atoms with Crippen LogP contribution < -0.4 is 5.32 Å². The van der Waals surface area contributed by atoms with E-state index in [9.17, 15) is 9.35 Å². The predicted octanol–water partition coefficient (Wildman–Crippen LogP) is 1.41. The Kier molecular flexibility index (Phi) is 5.11. The highest BCUT2D eigenvalue weighted by Crippen LogP contribution is 2.28. The zero-order chi connectivity index (χ0) is 18.0. The molecular weight excluding hydrogens is 346 g/mol. The molecule has 3 heterocycles. The molecule has 0 aromatic carbocycles. The molecule has 2 N–H and O–H groups in total. The summed E-state index contributed by atoms with van der Waals surface area (Å²) >= 11 is -1.33. The maximum atomic E-state index is 12.8. The molecule has 25 heavy (non-hydrogen) atoms. The van der Waals surface area contributed by atoms with Crippen molar-refractivity contribution >= 4 is 23.0 Å². The molecule has 3 rings (SSSR count). The number of rotatable bonds is 5. The van der Waals surface area contributed by atoms with Crippen LogP contribution in [0.15, 0.2) is 10.6 Å². The summed E-state index contributed by atoms with van der Waals surface area (Å²) in [6.07, 6.45) is 1.39. The fourth-order valence-electron chi connectivity index (χ4n) is 2.56. The first-order valence-electron chi connectivity index (χ1n) is 8.04. The molecule has 0 aliphatic carbocycles. The lowest BCUT2D eigenvalue weighted by molar-refractivity contribution is -0.117. The van der Waals surface area contributed by atoms with Gasteiger partial charge in [-0.25, -0.2) is 5.10 Å². The first-order valence-corrected chi connectivity index (χ1v) is 9.25. The lowest BCUT2D eigenvalue weighted by atomic mass is 10.2. The Morgan fingerprint density at radius 1 is 1.44 bits per heavy atom. The van der Waals surface area contributed by atoms with E-state index in [0.29, 0.717) is 43.3 Å². The molecule has 1 saturated heterocycles. The topological polar surface area (TPSA) is 129 Å². The lowest BCUT2D eigenvalue weighted by Crippen LogP contribution is -2.50. The predicted molar refractivity (Wildman–Crippen MR) is 91.3 cm³/mol. The van der Waals surface area contributed by atoms with Crippen LogP contribution in [0, 0.1) is 6.92 Å². The van der Waals surface area contributed by atoms with Crippen LogP contribution in [-0.2, 0) is 20.7 Å². The second kappa shape index (κ2) is 7.14. The zero-order valence-corrected chi connectivity index (χ0v) is 15.2. The minimum Gasteiger partial charge on any atom is -0.615 e. The molecule has 1 atom stereocenters. The first-order chi connectivity index (χ1) is 11.9. The van der Waals surface area contributed by atoms with Crippen molar-refractivity contribution in [1.29, 1.82) is 0 Å². The average molecular weight is 367 g/mol. The number of aromatic amines is 1. The molecule has 2 aromatic rings. The molecule has 0 saturated carbocycles. The second-order valence-electron chi connectivity index (χ2n) is 6.40. The molecule has 1 unspecified atom stereocenters. The minimum absolute atomic E-state index is 0.0436. The van der Waals surface area contributed by atoms with Gasteiger partial charge in [-0.2, -0.15) is 10.1 Å². The van der Waals surface area contributed by atoms with Crippen molar-refractivity contribution in [1.82, 2.24) is 20.3 Å². The number of aryl methyl sites for hydroxylation is 1. The maximum Gasteiger partial charge on any atom is 0.282 e. The van der Waals surface area contributed by atoms with Gasteiger partial charge in [0, 0.05) is 18.9 Å². The molecular formula is C15H21N5O4S. The van der Waals surface area contributed by atoms with Crippen molar-refractivity contribution in [3.8, 4) is 11.5 Å². The fourth-order valence-corrected chi connectivity index (χ4v) is 4.25. The van der Waals surface area contributed by atoms with E-state index in [-0.39, 0.29) is 17.1 Å². The number of carbonyl (C=O) groups excluding carboxylic acids is 1. The normalized spacial score (nSPS) is 17.4. The van der Waals surface area contributed by atoms with Gasteiger partial charge in [-0.05, 0) is 31.9 Å². The Morgan fingerprint density at radius 2 is 2.16 bits per heavy atom. The SMILES string of the molecule is Cc1cc(-c2n[nH]c(NC(=O)C(C)(C)[S+]([O-])C3CCOCC3)n2)no1. The van der Waals surface area contributed by atoms with Crippen molar-refractivity contribution in [2.45, 2.75) is 43.6 Å². The van der Waals surface area contributed by atoms with Crippen molar-refractivity contribution in [2.75, 3.05) is 18.5 Å². The Hall–Kier alpha value is -1.91. The zero-order valence-electron chi connectivity index (χ0n) is 14.4. The van der Waals surface area contributed by atoms with Crippen LogP contribution in [0.25, 0.3) is 11.5 Å². The van der Waals surface area contributed by atoms with Crippen molar-refractivity contribution < 1.29 is 18.6 Å². The maximum absolute atomic E-state index is 12.8. The summed E-state index contributed by atoms with van der Waals surface area (Å²) in [5, 5.41) is 13.1. The molecule has 1 amide bonds. The number of carbonyl (C=O) groups is 1. The Bertz CT molecular complexity index is 738. The summed E-state index contributed by atoms with van der Waals surface area (Å²) < 4.78 is 22.0. The fraction of sp³-hybridized carbons (Fsp3) is 0.600. The van der Waals surface area contributed by atoms with Gasteiger partial charge in [-0.3, -0.25) is 10.1 Å². The highest BCUT2D eigenvalue weighted by molar-refractivity contribution is 7.94. The minimum atomic E-state index is -1.33. The summed E-state index contributed by atoms with van der Waals surface area (Å²) in [7, 11) is 0. The van der Waals surface area contributed by atoms with Crippen LogP contribution in [0.1, 0.15) is 32.4 Å². The number of nitrogens with one attached hydrogen (secondary N) is 2. The molecule has 1 aliphatic heterocycles. The van der Waals surface area contributed by atoms with E-state index in [0.717, 1.165) is 0 Å². The third-order valence-electron chi connectivity index (χ3n) is 4.10. The number of hydrogen-bond donors (Lipinski definition) is 2. The highest BCUT2D eigenvalue weighted by Gasteiger charge is 2.45. The van der Waals surface area contributed by atoms with Crippen LogP contribution in [0.4, 0.5) is 5.95 Å².